The molecule has 0 aliphatic carbocycles. The third-order valence-electron chi connectivity index (χ3n) is 3.28. The molecule has 4 nitrogen and oxygen atoms in total. The van der Waals surface area contributed by atoms with E-state index >= 15 is 0 Å². The first kappa shape index (κ1) is 12.9. The molecule has 2 rings (SSSR count). The Morgan fingerprint density at radius 2 is 2.17 bits per heavy atom. The monoisotopic (exact) mass is 248 g/mol. The van der Waals surface area contributed by atoms with Crippen molar-refractivity contribution in [1.82, 2.24) is 10.6 Å². The Kier molecular flexibility index (Phi) is 4.59. The smallest absolute Gasteiger partial charge is 0.224 e. The van der Waals surface area contributed by atoms with Crippen molar-refractivity contribution in [3.8, 4) is 5.75 Å². The highest BCUT2D eigenvalue weighted by atomic mass is 16.3. The van der Waals surface area contributed by atoms with Crippen molar-refractivity contribution in [2.45, 2.75) is 31.7 Å². The van der Waals surface area contributed by atoms with Crippen LogP contribution in [0.25, 0.3) is 0 Å². The molecule has 1 aliphatic rings. The van der Waals surface area contributed by atoms with Gasteiger partial charge in [0.2, 0.25) is 5.91 Å². The number of amides is 1. The quantitative estimate of drug-likeness (QED) is 0.733. The number of hydrogen-bond donors (Lipinski definition) is 3. The molecule has 98 valence electrons. The number of hydrogen-bond acceptors (Lipinski definition) is 3. The van der Waals surface area contributed by atoms with E-state index in [2.05, 4.69) is 10.6 Å². The molecule has 1 aromatic carbocycles. The van der Waals surface area contributed by atoms with E-state index in [4.69, 9.17) is 5.11 Å². The molecule has 0 radical (unpaired) electrons. The summed E-state index contributed by atoms with van der Waals surface area (Å²) in [7, 11) is 0. The van der Waals surface area contributed by atoms with E-state index in [1.54, 1.807) is 24.3 Å². The topological polar surface area (TPSA) is 61.4 Å². The maximum Gasteiger partial charge on any atom is 0.224 e. The Bertz CT molecular complexity index is 383. The lowest BCUT2D eigenvalue weighted by molar-refractivity contribution is -0.120. The predicted octanol–water partition coefficient (Wildman–Crippen LogP) is 1.19. The van der Waals surface area contributed by atoms with E-state index in [1.807, 2.05) is 0 Å². The molecule has 0 bridgehead atoms. The lowest BCUT2D eigenvalue weighted by Gasteiger charge is -2.10. The minimum atomic E-state index is 0.0405. The normalized spacial score (nSPS) is 18.8. The highest BCUT2D eigenvalue weighted by Crippen LogP contribution is 2.10. The molecule has 1 atom stereocenters. The fourth-order valence-electron chi connectivity index (χ4n) is 2.25. The first-order valence-corrected chi connectivity index (χ1v) is 6.52. The van der Waals surface area contributed by atoms with E-state index in [0.717, 1.165) is 25.1 Å². The summed E-state index contributed by atoms with van der Waals surface area (Å²) in [5.41, 5.74) is 0.921. The average molecular weight is 248 g/mol. The van der Waals surface area contributed by atoms with Crippen LogP contribution < -0.4 is 10.6 Å². The molecule has 1 fully saturated rings. The van der Waals surface area contributed by atoms with Gasteiger partial charge in [-0.25, -0.2) is 0 Å². The first-order chi connectivity index (χ1) is 8.74. The molecular formula is C14H20N2O2. The van der Waals surface area contributed by atoms with Crippen molar-refractivity contribution in [3.63, 3.8) is 0 Å². The van der Waals surface area contributed by atoms with Crippen LogP contribution in [0.2, 0.25) is 0 Å². The van der Waals surface area contributed by atoms with Gasteiger partial charge in [-0.05, 0) is 43.5 Å². The largest absolute Gasteiger partial charge is 0.508 e. The van der Waals surface area contributed by atoms with Crippen molar-refractivity contribution in [2.24, 2.45) is 0 Å². The van der Waals surface area contributed by atoms with Crippen molar-refractivity contribution in [2.75, 3.05) is 13.1 Å². The summed E-state index contributed by atoms with van der Waals surface area (Å²) < 4.78 is 0. The van der Waals surface area contributed by atoms with Gasteiger partial charge in [-0.1, -0.05) is 12.1 Å². The van der Waals surface area contributed by atoms with Crippen LogP contribution in [0.5, 0.6) is 5.75 Å². The van der Waals surface area contributed by atoms with Crippen molar-refractivity contribution >= 4 is 5.91 Å². The van der Waals surface area contributed by atoms with Gasteiger partial charge in [-0.2, -0.15) is 0 Å². The third-order valence-corrected chi connectivity index (χ3v) is 3.28. The lowest BCUT2D eigenvalue weighted by atomic mass is 10.1. The van der Waals surface area contributed by atoms with Crippen LogP contribution in [0.1, 0.15) is 24.8 Å². The lowest BCUT2D eigenvalue weighted by Crippen LogP contribution is -2.31. The first-order valence-electron chi connectivity index (χ1n) is 6.52. The summed E-state index contributed by atoms with van der Waals surface area (Å²) in [4.78, 5) is 11.7. The molecule has 4 heteroatoms. The molecule has 0 saturated carbocycles. The van der Waals surface area contributed by atoms with Crippen LogP contribution in [0.15, 0.2) is 24.3 Å². The molecule has 3 N–H and O–H groups in total. The summed E-state index contributed by atoms with van der Waals surface area (Å²) in [6, 6.07) is 7.32. The predicted molar refractivity (Wildman–Crippen MR) is 70.5 cm³/mol. The van der Waals surface area contributed by atoms with Gasteiger partial charge >= 0.3 is 0 Å². The van der Waals surface area contributed by atoms with E-state index in [0.29, 0.717) is 12.5 Å². The van der Waals surface area contributed by atoms with Gasteiger partial charge in [0, 0.05) is 12.6 Å². The molecule has 18 heavy (non-hydrogen) atoms. The standard InChI is InChI=1S/C14H20N2O2/c17-13-5-3-11(4-6-13)10-14(18)16-9-7-12-2-1-8-15-12/h3-6,12,15,17H,1-2,7-10H2,(H,16,18)/t12-/m1/s1. The van der Waals surface area contributed by atoms with E-state index < -0.39 is 0 Å². The minimum Gasteiger partial charge on any atom is -0.508 e. The van der Waals surface area contributed by atoms with Crippen LogP contribution in [0, 0.1) is 0 Å². The molecule has 0 aromatic heterocycles. The Balaban J connectivity index is 1.66. The van der Waals surface area contributed by atoms with E-state index in [9.17, 15) is 4.79 Å². The van der Waals surface area contributed by atoms with Gasteiger partial charge in [0.15, 0.2) is 0 Å². The second-order valence-corrected chi connectivity index (χ2v) is 4.78. The molecule has 1 aromatic rings. The molecule has 1 amide bonds. The second-order valence-electron chi connectivity index (χ2n) is 4.78. The average Bonchev–Trinajstić information content (AvgIpc) is 2.85. The highest BCUT2D eigenvalue weighted by molar-refractivity contribution is 5.78. The third kappa shape index (κ3) is 4.04. The summed E-state index contributed by atoms with van der Waals surface area (Å²) in [6.07, 6.45) is 3.83. The maximum atomic E-state index is 11.7. The fourth-order valence-corrected chi connectivity index (χ4v) is 2.25. The number of nitrogens with one attached hydrogen (secondary N) is 2. The van der Waals surface area contributed by atoms with E-state index in [-0.39, 0.29) is 11.7 Å². The number of phenolic OH excluding ortho intramolecular Hbond substituents is 1. The van der Waals surface area contributed by atoms with Gasteiger partial charge in [0.05, 0.1) is 6.42 Å². The van der Waals surface area contributed by atoms with Crippen molar-refractivity contribution in [1.29, 1.82) is 0 Å². The molecule has 1 aliphatic heterocycles. The summed E-state index contributed by atoms with van der Waals surface area (Å²) in [5, 5.41) is 15.5. The molecule has 0 unspecified atom stereocenters. The molecule has 1 saturated heterocycles. The van der Waals surface area contributed by atoms with Crippen LogP contribution in [-0.2, 0) is 11.2 Å². The Morgan fingerprint density at radius 3 is 2.83 bits per heavy atom. The van der Waals surface area contributed by atoms with Gasteiger partial charge in [-0.15, -0.1) is 0 Å². The zero-order valence-corrected chi connectivity index (χ0v) is 10.5. The van der Waals surface area contributed by atoms with Gasteiger partial charge in [0.25, 0.3) is 0 Å². The number of aromatic hydroxyl groups is 1. The summed E-state index contributed by atoms with van der Waals surface area (Å²) in [5.74, 6) is 0.269. The number of rotatable bonds is 5. The van der Waals surface area contributed by atoms with Crippen LogP contribution in [-0.4, -0.2) is 30.1 Å². The number of carbonyl (C=O) groups is 1. The molecule has 1 heterocycles. The van der Waals surface area contributed by atoms with Crippen molar-refractivity contribution < 1.29 is 9.90 Å². The summed E-state index contributed by atoms with van der Waals surface area (Å²) in [6.45, 7) is 1.83. The van der Waals surface area contributed by atoms with Gasteiger partial charge in [0.1, 0.15) is 5.75 Å². The molecule has 0 spiro atoms. The van der Waals surface area contributed by atoms with Gasteiger partial charge < -0.3 is 15.7 Å². The summed E-state index contributed by atoms with van der Waals surface area (Å²) >= 11 is 0. The van der Waals surface area contributed by atoms with E-state index in [1.165, 1.54) is 12.8 Å². The zero-order chi connectivity index (χ0) is 12.8. The van der Waals surface area contributed by atoms with Gasteiger partial charge in [-0.3, -0.25) is 4.79 Å². The molecular weight excluding hydrogens is 228 g/mol. The number of carbonyl (C=O) groups excluding carboxylic acids is 1. The zero-order valence-electron chi connectivity index (χ0n) is 10.5. The number of phenols is 1. The Labute approximate surface area is 107 Å². The maximum absolute atomic E-state index is 11.7. The number of benzene rings is 1. The fraction of sp³-hybridized carbons (Fsp3) is 0.500. The second kappa shape index (κ2) is 6.40. The Hall–Kier alpha value is -1.55. The minimum absolute atomic E-state index is 0.0405. The van der Waals surface area contributed by atoms with Crippen LogP contribution in [0.3, 0.4) is 0 Å². The van der Waals surface area contributed by atoms with Crippen LogP contribution >= 0.6 is 0 Å². The highest BCUT2D eigenvalue weighted by Gasteiger charge is 2.13. The van der Waals surface area contributed by atoms with Crippen LogP contribution in [0.4, 0.5) is 0 Å². The van der Waals surface area contributed by atoms with Crippen molar-refractivity contribution in [3.05, 3.63) is 29.8 Å². The Morgan fingerprint density at radius 1 is 1.39 bits per heavy atom. The SMILES string of the molecule is O=C(Cc1ccc(O)cc1)NCC[C@H]1CCCN1.